The monoisotopic (exact) mass is 510 g/mol. The highest BCUT2D eigenvalue weighted by molar-refractivity contribution is 6.24. The topological polar surface area (TPSA) is 92.6 Å². The predicted octanol–water partition coefficient (Wildman–Crippen LogP) is 3.32. The van der Waals surface area contributed by atoms with Crippen molar-refractivity contribution in [2.45, 2.75) is 57.7 Å². The molecule has 0 spiro atoms. The van der Waals surface area contributed by atoms with E-state index in [4.69, 9.17) is 0 Å². The van der Waals surface area contributed by atoms with E-state index in [-0.39, 0.29) is 30.8 Å². The summed E-state index contributed by atoms with van der Waals surface area (Å²) in [6.45, 7) is 5.03. The highest BCUT2D eigenvalue weighted by Crippen LogP contribution is 2.32. The third kappa shape index (κ3) is 4.39. The molecule has 2 aromatic carbocycles. The SMILES string of the molecule is Cc1cc(CCc2cccc3c2C(=O)N(C2CCC(=O)CC2=O)C3=O)ccc1CN1CC(n2cccn2)C1. The van der Waals surface area contributed by atoms with Crippen molar-refractivity contribution < 1.29 is 19.2 Å². The molecule has 194 valence electrons. The summed E-state index contributed by atoms with van der Waals surface area (Å²) in [6, 6.07) is 13.4. The number of Topliss-reactive ketones (excluding diaryl/α,β-unsaturated/α-hetero) is 2. The molecule has 1 aromatic heterocycles. The molecule has 1 atom stereocenters. The molecule has 1 saturated heterocycles. The lowest BCUT2D eigenvalue weighted by Crippen LogP contribution is -2.47. The van der Waals surface area contributed by atoms with Crippen LogP contribution in [0.2, 0.25) is 0 Å². The Labute approximate surface area is 221 Å². The van der Waals surface area contributed by atoms with Crippen LogP contribution in [0, 0.1) is 6.92 Å². The molecule has 0 bridgehead atoms. The van der Waals surface area contributed by atoms with Gasteiger partial charge in [-0.2, -0.15) is 5.10 Å². The van der Waals surface area contributed by atoms with Crippen molar-refractivity contribution >= 4 is 23.4 Å². The van der Waals surface area contributed by atoms with Crippen molar-refractivity contribution in [1.29, 1.82) is 0 Å². The van der Waals surface area contributed by atoms with E-state index in [2.05, 4.69) is 35.1 Å². The lowest BCUT2D eigenvalue weighted by Gasteiger charge is -2.39. The number of imide groups is 1. The quantitative estimate of drug-likeness (QED) is 0.358. The Kier molecular flexibility index (Phi) is 6.27. The summed E-state index contributed by atoms with van der Waals surface area (Å²) in [4.78, 5) is 54.1. The summed E-state index contributed by atoms with van der Waals surface area (Å²) in [5, 5.41) is 4.34. The zero-order valence-electron chi connectivity index (χ0n) is 21.4. The van der Waals surface area contributed by atoms with Gasteiger partial charge in [0.1, 0.15) is 5.78 Å². The third-order valence-electron chi connectivity index (χ3n) is 8.10. The molecule has 3 aromatic rings. The Hall–Kier alpha value is -3.91. The van der Waals surface area contributed by atoms with Crippen LogP contribution in [0.5, 0.6) is 0 Å². The summed E-state index contributed by atoms with van der Waals surface area (Å²) in [7, 11) is 0. The van der Waals surface area contributed by atoms with E-state index in [0.717, 1.165) is 36.5 Å². The fourth-order valence-corrected chi connectivity index (χ4v) is 5.94. The van der Waals surface area contributed by atoms with E-state index >= 15 is 0 Å². The molecule has 2 fully saturated rings. The summed E-state index contributed by atoms with van der Waals surface area (Å²) in [5.74, 6) is -1.32. The van der Waals surface area contributed by atoms with Crippen LogP contribution in [-0.4, -0.2) is 62.1 Å². The van der Waals surface area contributed by atoms with Crippen molar-refractivity contribution in [3.05, 3.63) is 88.2 Å². The largest absolute Gasteiger partial charge is 0.299 e. The Bertz CT molecular complexity index is 1440. The van der Waals surface area contributed by atoms with Crippen molar-refractivity contribution in [1.82, 2.24) is 19.6 Å². The maximum Gasteiger partial charge on any atom is 0.262 e. The number of aromatic nitrogens is 2. The van der Waals surface area contributed by atoms with Gasteiger partial charge in [-0.15, -0.1) is 0 Å². The van der Waals surface area contributed by atoms with Gasteiger partial charge in [-0.25, -0.2) is 0 Å². The number of nitrogens with zero attached hydrogens (tertiary/aromatic N) is 4. The number of rotatable bonds is 7. The van der Waals surface area contributed by atoms with Gasteiger partial charge in [0.2, 0.25) is 0 Å². The van der Waals surface area contributed by atoms with Gasteiger partial charge in [0.25, 0.3) is 11.8 Å². The first kappa shape index (κ1) is 24.4. The molecule has 3 heterocycles. The van der Waals surface area contributed by atoms with E-state index in [9.17, 15) is 19.2 Å². The van der Waals surface area contributed by atoms with E-state index < -0.39 is 17.9 Å². The number of benzene rings is 2. The van der Waals surface area contributed by atoms with E-state index in [0.29, 0.717) is 23.6 Å². The van der Waals surface area contributed by atoms with Crippen molar-refractivity contribution in [2.75, 3.05) is 13.1 Å². The zero-order valence-corrected chi connectivity index (χ0v) is 21.4. The minimum absolute atomic E-state index is 0.131. The Balaban J connectivity index is 1.11. The molecule has 6 rings (SSSR count). The summed E-state index contributed by atoms with van der Waals surface area (Å²) in [5.41, 5.74) is 5.30. The second-order valence-corrected chi connectivity index (χ2v) is 10.7. The fourth-order valence-electron chi connectivity index (χ4n) is 5.94. The standard InChI is InChI=1S/C30H30N4O4/c1-19-14-20(7-9-22(19)16-32-17-23(18-32)33-13-3-12-31-33)6-8-21-4-2-5-25-28(21)30(38)34(29(25)37)26-11-10-24(35)15-27(26)36/h2-5,7,9,12-14,23,26H,6,8,10-11,15-18H2,1H3. The molecule has 3 aliphatic rings. The van der Waals surface area contributed by atoms with Crippen molar-refractivity contribution in [3.63, 3.8) is 0 Å². The van der Waals surface area contributed by atoms with E-state index in [1.165, 1.54) is 16.7 Å². The number of carbonyl (C=O) groups is 4. The zero-order chi connectivity index (χ0) is 26.4. The normalized spacial score (nSPS) is 20.2. The van der Waals surface area contributed by atoms with Gasteiger partial charge in [0.15, 0.2) is 5.78 Å². The molecule has 1 saturated carbocycles. The molecule has 0 N–H and O–H groups in total. The molecule has 1 aliphatic carbocycles. The van der Waals surface area contributed by atoms with Crippen molar-refractivity contribution in [2.24, 2.45) is 0 Å². The predicted molar refractivity (Wildman–Crippen MR) is 140 cm³/mol. The number of fused-ring (bicyclic) bond motifs is 1. The number of amides is 2. The lowest BCUT2D eigenvalue weighted by atomic mass is 9.92. The highest BCUT2D eigenvalue weighted by atomic mass is 16.2. The van der Waals surface area contributed by atoms with Gasteiger partial charge in [0, 0.05) is 38.4 Å². The Morgan fingerprint density at radius 3 is 2.53 bits per heavy atom. The van der Waals surface area contributed by atoms with Gasteiger partial charge in [0.05, 0.1) is 29.6 Å². The van der Waals surface area contributed by atoms with Crippen LogP contribution in [0.15, 0.2) is 54.9 Å². The summed E-state index contributed by atoms with van der Waals surface area (Å²) in [6.07, 6.45) is 5.41. The average molecular weight is 511 g/mol. The van der Waals surface area contributed by atoms with Crippen LogP contribution in [0.1, 0.15) is 68.3 Å². The lowest BCUT2D eigenvalue weighted by molar-refractivity contribution is -0.132. The van der Waals surface area contributed by atoms with Gasteiger partial charge in [-0.05, 0) is 60.6 Å². The number of ketones is 2. The number of likely N-dealkylation sites (tertiary alicyclic amines) is 1. The highest BCUT2D eigenvalue weighted by Gasteiger charge is 2.45. The molecule has 8 heteroatoms. The molecule has 38 heavy (non-hydrogen) atoms. The first-order valence-electron chi connectivity index (χ1n) is 13.2. The van der Waals surface area contributed by atoms with Crippen LogP contribution < -0.4 is 0 Å². The van der Waals surface area contributed by atoms with Crippen LogP contribution in [0.4, 0.5) is 0 Å². The molecule has 8 nitrogen and oxygen atoms in total. The van der Waals surface area contributed by atoms with E-state index in [1.54, 1.807) is 12.1 Å². The maximum atomic E-state index is 13.4. The Morgan fingerprint density at radius 2 is 1.79 bits per heavy atom. The number of hydrogen-bond donors (Lipinski definition) is 0. The smallest absolute Gasteiger partial charge is 0.262 e. The third-order valence-corrected chi connectivity index (χ3v) is 8.10. The summed E-state index contributed by atoms with van der Waals surface area (Å²) < 4.78 is 2.03. The minimum Gasteiger partial charge on any atom is -0.299 e. The molecule has 2 amide bonds. The second-order valence-electron chi connectivity index (χ2n) is 10.7. The van der Waals surface area contributed by atoms with Gasteiger partial charge in [-0.3, -0.25) is 33.7 Å². The van der Waals surface area contributed by atoms with E-state index in [1.807, 2.05) is 29.2 Å². The van der Waals surface area contributed by atoms with Gasteiger partial charge in [-0.1, -0.05) is 30.3 Å². The maximum absolute atomic E-state index is 13.4. The van der Waals surface area contributed by atoms with Crippen LogP contribution in [0.25, 0.3) is 0 Å². The molecule has 2 aliphatic heterocycles. The Morgan fingerprint density at radius 1 is 0.947 bits per heavy atom. The first-order chi connectivity index (χ1) is 18.4. The second kappa shape index (κ2) is 9.76. The minimum atomic E-state index is -0.843. The number of hydrogen-bond acceptors (Lipinski definition) is 6. The van der Waals surface area contributed by atoms with Crippen molar-refractivity contribution in [3.8, 4) is 0 Å². The number of carbonyl (C=O) groups excluding carboxylic acids is 4. The van der Waals surface area contributed by atoms with Crippen LogP contribution in [0.3, 0.4) is 0 Å². The van der Waals surface area contributed by atoms with Gasteiger partial charge < -0.3 is 0 Å². The van der Waals surface area contributed by atoms with Crippen LogP contribution in [-0.2, 0) is 29.0 Å². The first-order valence-corrected chi connectivity index (χ1v) is 13.2. The van der Waals surface area contributed by atoms with Crippen LogP contribution >= 0.6 is 0 Å². The summed E-state index contributed by atoms with van der Waals surface area (Å²) >= 11 is 0. The molecular weight excluding hydrogens is 480 g/mol. The van der Waals surface area contributed by atoms with Gasteiger partial charge >= 0.3 is 0 Å². The molecular formula is C30H30N4O4. The average Bonchev–Trinajstić information content (AvgIpc) is 3.48. The fraction of sp³-hybridized carbons (Fsp3) is 0.367. The molecule has 1 unspecified atom stereocenters. The molecule has 0 radical (unpaired) electrons. The number of aryl methyl sites for hydroxylation is 3.